The van der Waals surface area contributed by atoms with E-state index in [0.29, 0.717) is 42.8 Å². The number of nitriles is 1. The summed E-state index contributed by atoms with van der Waals surface area (Å²) in [7, 11) is 0. The summed E-state index contributed by atoms with van der Waals surface area (Å²) >= 11 is 0. The van der Waals surface area contributed by atoms with Gasteiger partial charge in [-0.2, -0.15) is 5.26 Å². The summed E-state index contributed by atoms with van der Waals surface area (Å²) in [5.41, 5.74) is 3.93. The molecular weight excluding hydrogens is 414 g/mol. The van der Waals surface area contributed by atoms with Crippen molar-refractivity contribution in [2.45, 2.75) is 63.5 Å². The van der Waals surface area contributed by atoms with E-state index in [0.717, 1.165) is 68.0 Å². The number of aromatic nitrogens is 1. The van der Waals surface area contributed by atoms with Crippen LogP contribution < -0.4 is 4.90 Å². The molecule has 3 saturated carbocycles. The summed E-state index contributed by atoms with van der Waals surface area (Å²) < 4.78 is 0. The lowest BCUT2D eigenvalue weighted by Crippen LogP contribution is -2.57. The third-order valence-electron chi connectivity index (χ3n) is 8.06. The molecule has 33 heavy (non-hydrogen) atoms. The van der Waals surface area contributed by atoms with Crippen LogP contribution in [0.25, 0.3) is 0 Å². The van der Waals surface area contributed by atoms with Crippen molar-refractivity contribution in [1.29, 1.82) is 5.26 Å². The minimum Gasteiger partial charge on any atom is -0.352 e. The van der Waals surface area contributed by atoms with E-state index >= 15 is 0 Å². The number of fused-ring (bicyclic) bond motifs is 1. The molecule has 0 radical (unpaired) electrons. The molecule has 2 aliphatic heterocycles. The minimum absolute atomic E-state index is 0.0614. The fourth-order valence-corrected chi connectivity index (χ4v) is 5.73. The lowest BCUT2D eigenvalue weighted by Gasteiger charge is -2.43. The third-order valence-corrected chi connectivity index (χ3v) is 8.06. The number of carbonyl (C=O) groups is 2. The van der Waals surface area contributed by atoms with Crippen molar-refractivity contribution < 1.29 is 9.59 Å². The number of rotatable bonds is 5. The summed E-state index contributed by atoms with van der Waals surface area (Å²) in [6.07, 6.45) is 8.75. The lowest BCUT2D eigenvalue weighted by molar-refractivity contribution is -0.135. The van der Waals surface area contributed by atoms with Crippen molar-refractivity contribution in [2.24, 2.45) is 11.8 Å². The zero-order valence-electron chi connectivity index (χ0n) is 19.1. The molecule has 0 aromatic carbocycles. The van der Waals surface area contributed by atoms with Gasteiger partial charge in [-0.1, -0.05) is 6.58 Å². The average Bonchev–Trinajstić information content (AvgIpc) is 3.70. The van der Waals surface area contributed by atoms with Crippen molar-refractivity contribution in [1.82, 2.24) is 14.8 Å². The molecule has 3 aliphatic carbocycles. The second-order valence-corrected chi connectivity index (χ2v) is 10.4. The van der Waals surface area contributed by atoms with E-state index in [2.05, 4.69) is 22.4 Å². The van der Waals surface area contributed by atoms with E-state index < -0.39 is 0 Å². The van der Waals surface area contributed by atoms with Crippen LogP contribution in [0.15, 0.2) is 12.7 Å². The van der Waals surface area contributed by atoms with Crippen LogP contribution in [0.2, 0.25) is 0 Å². The Morgan fingerprint density at radius 3 is 2.48 bits per heavy atom. The number of amides is 2. The van der Waals surface area contributed by atoms with Gasteiger partial charge >= 0.3 is 0 Å². The Balaban J connectivity index is 1.34. The second kappa shape index (κ2) is 7.86. The molecule has 0 bridgehead atoms. The Morgan fingerprint density at radius 2 is 1.85 bits per heavy atom. The van der Waals surface area contributed by atoms with Gasteiger partial charge in [-0.25, -0.2) is 4.98 Å². The highest BCUT2D eigenvalue weighted by Crippen LogP contribution is 2.45. The van der Waals surface area contributed by atoms with Crippen molar-refractivity contribution in [3.8, 4) is 6.07 Å². The number of carbonyl (C=O) groups excluding carboxylic acids is 2. The maximum atomic E-state index is 12.9. The smallest absolute Gasteiger partial charge is 0.246 e. The normalized spacial score (nSPS) is 24.8. The summed E-state index contributed by atoms with van der Waals surface area (Å²) in [4.78, 5) is 36.6. The van der Waals surface area contributed by atoms with Gasteiger partial charge in [0.1, 0.15) is 11.9 Å². The average molecular weight is 446 g/mol. The Labute approximate surface area is 195 Å². The SMILES string of the molecule is C=CC(=O)N1CCc2c(C#N)c(N3CCN(C(=O)C4CC4)[C@H](C4CC4)C3)nc(C3CC3)c2C1. The standard InChI is InChI=1S/C26H31N5O2/c1-2-23(32)29-10-9-19-20(13-27)25(28-24(17-5-6-17)21(19)14-29)30-11-12-31(26(33)18-7-8-18)22(15-30)16-3-4-16/h2,16-18,22H,1,3-12,14-15H2/t22-/m0/s1. The topological polar surface area (TPSA) is 80.5 Å². The molecule has 172 valence electrons. The Hall–Kier alpha value is -2.88. The fraction of sp³-hybridized carbons (Fsp3) is 0.615. The number of anilines is 1. The molecule has 5 aliphatic rings. The summed E-state index contributed by atoms with van der Waals surface area (Å²) in [5.74, 6) is 2.36. The number of hydrogen-bond acceptors (Lipinski definition) is 5. The van der Waals surface area contributed by atoms with E-state index in [1.54, 1.807) is 0 Å². The van der Waals surface area contributed by atoms with Gasteiger partial charge in [-0.05, 0) is 68.1 Å². The number of nitrogens with zero attached hydrogens (tertiary/aromatic N) is 5. The molecule has 6 rings (SSSR count). The van der Waals surface area contributed by atoms with Crippen LogP contribution >= 0.6 is 0 Å². The summed E-state index contributed by atoms with van der Waals surface area (Å²) in [6, 6.07) is 2.72. The van der Waals surface area contributed by atoms with Crippen LogP contribution in [0.5, 0.6) is 0 Å². The molecule has 1 atom stereocenters. The first-order chi connectivity index (χ1) is 16.1. The quantitative estimate of drug-likeness (QED) is 0.651. The third kappa shape index (κ3) is 3.70. The molecule has 1 saturated heterocycles. The predicted molar refractivity (Wildman–Crippen MR) is 123 cm³/mol. The zero-order chi connectivity index (χ0) is 22.7. The van der Waals surface area contributed by atoms with Crippen LogP contribution in [0, 0.1) is 23.2 Å². The van der Waals surface area contributed by atoms with E-state index in [4.69, 9.17) is 4.98 Å². The van der Waals surface area contributed by atoms with Gasteiger partial charge in [0.15, 0.2) is 0 Å². The highest BCUT2D eigenvalue weighted by molar-refractivity contribution is 5.87. The second-order valence-electron chi connectivity index (χ2n) is 10.4. The van der Waals surface area contributed by atoms with Gasteiger partial charge in [0.2, 0.25) is 11.8 Å². The highest BCUT2D eigenvalue weighted by atomic mass is 16.2. The summed E-state index contributed by atoms with van der Waals surface area (Å²) in [6.45, 7) is 6.98. The Morgan fingerprint density at radius 1 is 1.06 bits per heavy atom. The van der Waals surface area contributed by atoms with Crippen molar-refractivity contribution >= 4 is 17.6 Å². The minimum atomic E-state index is -0.0614. The van der Waals surface area contributed by atoms with Gasteiger partial charge in [-0.15, -0.1) is 0 Å². The van der Waals surface area contributed by atoms with Crippen LogP contribution in [0.3, 0.4) is 0 Å². The van der Waals surface area contributed by atoms with Crippen LogP contribution in [0.4, 0.5) is 5.82 Å². The van der Waals surface area contributed by atoms with Crippen LogP contribution in [-0.4, -0.2) is 58.8 Å². The highest BCUT2D eigenvalue weighted by Gasteiger charge is 2.45. The van der Waals surface area contributed by atoms with Gasteiger partial charge in [0.25, 0.3) is 0 Å². The van der Waals surface area contributed by atoms with Gasteiger partial charge in [0.05, 0.1) is 17.3 Å². The first kappa shape index (κ1) is 20.7. The number of hydrogen-bond donors (Lipinski definition) is 0. The molecule has 4 fully saturated rings. The van der Waals surface area contributed by atoms with E-state index in [1.165, 1.54) is 18.9 Å². The van der Waals surface area contributed by atoms with Gasteiger partial charge in [-0.3, -0.25) is 9.59 Å². The molecule has 0 N–H and O–H groups in total. The maximum Gasteiger partial charge on any atom is 0.246 e. The van der Waals surface area contributed by atoms with Crippen molar-refractivity contribution in [2.75, 3.05) is 31.1 Å². The number of piperazine rings is 1. The first-order valence-electron chi connectivity index (χ1n) is 12.5. The lowest BCUT2D eigenvalue weighted by atomic mass is 9.92. The largest absolute Gasteiger partial charge is 0.352 e. The predicted octanol–water partition coefficient (Wildman–Crippen LogP) is 2.74. The Bertz CT molecular complexity index is 1060. The molecule has 1 aromatic heterocycles. The van der Waals surface area contributed by atoms with Crippen LogP contribution in [0.1, 0.15) is 66.8 Å². The maximum absolute atomic E-state index is 12.9. The van der Waals surface area contributed by atoms with E-state index in [-0.39, 0.29) is 17.9 Å². The fourth-order valence-electron chi connectivity index (χ4n) is 5.73. The van der Waals surface area contributed by atoms with Crippen molar-refractivity contribution in [3.63, 3.8) is 0 Å². The molecule has 7 nitrogen and oxygen atoms in total. The van der Waals surface area contributed by atoms with E-state index in [9.17, 15) is 14.9 Å². The monoisotopic (exact) mass is 445 g/mol. The molecule has 2 amide bonds. The molecule has 1 aromatic rings. The molecule has 3 heterocycles. The zero-order valence-corrected chi connectivity index (χ0v) is 19.1. The molecule has 0 spiro atoms. The van der Waals surface area contributed by atoms with Gasteiger partial charge < -0.3 is 14.7 Å². The van der Waals surface area contributed by atoms with E-state index in [1.807, 2.05) is 4.90 Å². The first-order valence-corrected chi connectivity index (χ1v) is 12.5. The van der Waals surface area contributed by atoms with Crippen molar-refractivity contribution in [3.05, 3.63) is 35.0 Å². The van der Waals surface area contributed by atoms with Gasteiger partial charge in [0, 0.05) is 44.6 Å². The summed E-state index contributed by atoms with van der Waals surface area (Å²) in [5, 5.41) is 10.2. The molecule has 7 heteroatoms. The Kier molecular flexibility index (Phi) is 4.93. The number of pyridine rings is 1. The molecule has 0 unspecified atom stereocenters. The molecular formula is C26H31N5O2. The van der Waals surface area contributed by atoms with Crippen LogP contribution in [-0.2, 0) is 22.6 Å².